The van der Waals surface area contributed by atoms with Crippen molar-refractivity contribution in [2.45, 2.75) is 44.6 Å². The highest BCUT2D eigenvalue weighted by molar-refractivity contribution is 5.86. The van der Waals surface area contributed by atoms with Crippen LogP contribution >= 0.6 is 0 Å². The molecule has 98 valence electrons. The topological polar surface area (TPSA) is 50.4 Å². The molecule has 1 amide bonds. The second-order valence-electron chi connectivity index (χ2n) is 5.79. The Kier molecular flexibility index (Phi) is 3.73. The molecule has 4 heteroatoms. The average molecular weight is 240 g/mol. The van der Waals surface area contributed by atoms with Crippen LogP contribution in [0.1, 0.15) is 39.0 Å². The predicted octanol–water partition coefficient (Wildman–Crippen LogP) is 1.06. The van der Waals surface area contributed by atoms with E-state index >= 15 is 0 Å². The number of nitrogens with one attached hydrogen (secondary N) is 2. The summed E-state index contributed by atoms with van der Waals surface area (Å²) in [6, 6.07) is 0. The average Bonchev–Trinajstić information content (AvgIpc) is 2.97. The summed E-state index contributed by atoms with van der Waals surface area (Å²) in [5, 5.41) is 6.42. The van der Waals surface area contributed by atoms with Crippen LogP contribution in [0.2, 0.25) is 0 Å². The first kappa shape index (κ1) is 12.8. The summed E-state index contributed by atoms with van der Waals surface area (Å²) in [5.41, 5.74) is -0.00201. The summed E-state index contributed by atoms with van der Waals surface area (Å²) in [7, 11) is 1.73. The molecule has 2 aliphatic rings. The van der Waals surface area contributed by atoms with Gasteiger partial charge in [-0.05, 0) is 51.0 Å². The van der Waals surface area contributed by atoms with E-state index in [4.69, 9.17) is 4.74 Å². The Hall–Kier alpha value is -0.610. The number of carbonyl (C=O) groups excluding carboxylic acids is 1. The van der Waals surface area contributed by atoms with Gasteiger partial charge in [-0.2, -0.15) is 0 Å². The van der Waals surface area contributed by atoms with Crippen molar-refractivity contribution in [1.82, 2.24) is 10.6 Å². The SMILES string of the molecule is COCCC1(CNC(=O)C2(C)CCCN2)CC1. The quantitative estimate of drug-likeness (QED) is 0.730. The van der Waals surface area contributed by atoms with Gasteiger partial charge >= 0.3 is 0 Å². The summed E-state index contributed by atoms with van der Waals surface area (Å²) in [6.07, 6.45) is 5.55. The molecule has 1 atom stereocenters. The molecule has 1 unspecified atom stereocenters. The van der Waals surface area contributed by atoms with E-state index in [0.717, 1.165) is 39.0 Å². The minimum absolute atomic E-state index is 0.165. The van der Waals surface area contributed by atoms with Crippen LogP contribution in [-0.4, -0.2) is 38.3 Å². The van der Waals surface area contributed by atoms with Crippen LogP contribution in [0.5, 0.6) is 0 Å². The molecule has 1 aliphatic carbocycles. The van der Waals surface area contributed by atoms with Gasteiger partial charge in [0.05, 0.1) is 5.54 Å². The molecule has 2 rings (SSSR count). The molecule has 4 nitrogen and oxygen atoms in total. The second kappa shape index (κ2) is 4.94. The van der Waals surface area contributed by atoms with Gasteiger partial charge in [-0.3, -0.25) is 4.79 Å². The number of carbonyl (C=O) groups is 1. The van der Waals surface area contributed by atoms with E-state index in [9.17, 15) is 4.79 Å². The summed E-state index contributed by atoms with van der Waals surface area (Å²) >= 11 is 0. The number of amides is 1. The maximum Gasteiger partial charge on any atom is 0.240 e. The third kappa shape index (κ3) is 2.99. The first-order valence-corrected chi connectivity index (χ1v) is 6.63. The number of methoxy groups -OCH3 is 1. The Morgan fingerprint density at radius 2 is 2.18 bits per heavy atom. The van der Waals surface area contributed by atoms with E-state index in [0.29, 0.717) is 5.41 Å². The van der Waals surface area contributed by atoms with E-state index in [1.54, 1.807) is 7.11 Å². The van der Waals surface area contributed by atoms with Crippen molar-refractivity contribution in [2.75, 3.05) is 26.8 Å². The second-order valence-corrected chi connectivity index (χ2v) is 5.79. The Morgan fingerprint density at radius 1 is 1.41 bits per heavy atom. The normalized spacial score (nSPS) is 30.2. The summed E-state index contributed by atoms with van der Waals surface area (Å²) in [6.45, 7) is 4.57. The smallest absolute Gasteiger partial charge is 0.240 e. The predicted molar refractivity (Wildman–Crippen MR) is 66.8 cm³/mol. The molecule has 2 N–H and O–H groups in total. The van der Waals surface area contributed by atoms with Crippen molar-refractivity contribution in [3.63, 3.8) is 0 Å². The summed E-state index contributed by atoms with van der Waals surface area (Å²) < 4.78 is 5.12. The van der Waals surface area contributed by atoms with Crippen molar-refractivity contribution in [2.24, 2.45) is 5.41 Å². The molecule has 0 radical (unpaired) electrons. The van der Waals surface area contributed by atoms with E-state index in [2.05, 4.69) is 10.6 Å². The van der Waals surface area contributed by atoms with Crippen molar-refractivity contribution in [3.8, 4) is 0 Å². The first-order chi connectivity index (χ1) is 8.10. The van der Waals surface area contributed by atoms with Crippen LogP contribution in [0.3, 0.4) is 0 Å². The molecule has 0 aromatic rings. The Balaban J connectivity index is 1.76. The molecule has 0 spiro atoms. The van der Waals surface area contributed by atoms with Gasteiger partial charge in [-0.1, -0.05) is 0 Å². The maximum absolute atomic E-state index is 12.1. The molecular formula is C13H24N2O2. The van der Waals surface area contributed by atoms with Gasteiger partial charge in [-0.15, -0.1) is 0 Å². The Morgan fingerprint density at radius 3 is 2.71 bits per heavy atom. The minimum atomic E-state index is -0.336. The molecule has 1 aliphatic heterocycles. The fourth-order valence-electron chi connectivity index (χ4n) is 2.56. The number of hydrogen-bond donors (Lipinski definition) is 2. The van der Waals surface area contributed by atoms with Crippen LogP contribution in [0.15, 0.2) is 0 Å². The highest BCUT2D eigenvalue weighted by Crippen LogP contribution is 2.48. The van der Waals surface area contributed by atoms with Crippen LogP contribution in [0.25, 0.3) is 0 Å². The lowest BCUT2D eigenvalue weighted by Gasteiger charge is -2.25. The first-order valence-electron chi connectivity index (χ1n) is 6.63. The molecule has 2 fully saturated rings. The molecule has 0 aromatic carbocycles. The van der Waals surface area contributed by atoms with Crippen molar-refractivity contribution >= 4 is 5.91 Å². The maximum atomic E-state index is 12.1. The Labute approximate surface area is 103 Å². The molecule has 1 saturated heterocycles. The lowest BCUT2D eigenvalue weighted by atomic mass is 9.98. The molecule has 0 bridgehead atoms. The van der Waals surface area contributed by atoms with E-state index in [1.807, 2.05) is 6.92 Å². The third-order valence-corrected chi connectivity index (χ3v) is 4.29. The molecular weight excluding hydrogens is 216 g/mol. The van der Waals surface area contributed by atoms with Gasteiger partial charge in [0.25, 0.3) is 0 Å². The van der Waals surface area contributed by atoms with E-state index in [1.165, 1.54) is 12.8 Å². The zero-order valence-corrected chi connectivity index (χ0v) is 11.0. The van der Waals surface area contributed by atoms with Gasteiger partial charge < -0.3 is 15.4 Å². The van der Waals surface area contributed by atoms with E-state index in [-0.39, 0.29) is 11.4 Å². The zero-order chi connectivity index (χ0) is 12.4. The van der Waals surface area contributed by atoms with Gasteiger partial charge in [0.2, 0.25) is 5.91 Å². The Bertz CT molecular complexity index is 281. The lowest BCUT2D eigenvalue weighted by molar-refractivity contribution is -0.126. The van der Waals surface area contributed by atoms with Crippen LogP contribution in [0, 0.1) is 5.41 Å². The van der Waals surface area contributed by atoms with Gasteiger partial charge in [0, 0.05) is 20.3 Å². The van der Waals surface area contributed by atoms with Crippen LogP contribution in [0.4, 0.5) is 0 Å². The molecule has 1 saturated carbocycles. The molecule has 1 heterocycles. The number of rotatable bonds is 6. The van der Waals surface area contributed by atoms with Gasteiger partial charge in [0.15, 0.2) is 0 Å². The standard InChI is InChI=1S/C13H24N2O2/c1-12(4-3-8-15-12)11(16)14-10-13(5-6-13)7-9-17-2/h15H,3-10H2,1-2H3,(H,14,16). The molecule has 17 heavy (non-hydrogen) atoms. The van der Waals surface area contributed by atoms with Crippen molar-refractivity contribution in [1.29, 1.82) is 0 Å². The minimum Gasteiger partial charge on any atom is -0.385 e. The largest absolute Gasteiger partial charge is 0.385 e. The zero-order valence-electron chi connectivity index (χ0n) is 11.0. The monoisotopic (exact) mass is 240 g/mol. The van der Waals surface area contributed by atoms with Crippen molar-refractivity contribution < 1.29 is 9.53 Å². The highest BCUT2D eigenvalue weighted by atomic mass is 16.5. The van der Waals surface area contributed by atoms with Crippen LogP contribution < -0.4 is 10.6 Å². The highest BCUT2D eigenvalue weighted by Gasteiger charge is 2.43. The fraction of sp³-hybridized carbons (Fsp3) is 0.923. The number of ether oxygens (including phenoxy) is 1. The van der Waals surface area contributed by atoms with Gasteiger partial charge in [-0.25, -0.2) is 0 Å². The molecule has 0 aromatic heterocycles. The third-order valence-electron chi connectivity index (χ3n) is 4.29. The lowest BCUT2D eigenvalue weighted by Crippen LogP contribution is -2.52. The van der Waals surface area contributed by atoms with Gasteiger partial charge in [0.1, 0.15) is 0 Å². The van der Waals surface area contributed by atoms with Crippen molar-refractivity contribution in [3.05, 3.63) is 0 Å². The van der Waals surface area contributed by atoms with Crippen LogP contribution in [-0.2, 0) is 9.53 Å². The fourth-order valence-corrected chi connectivity index (χ4v) is 2.56. The summed E-state index contributed by atoms with van der Waals surface area (Å²) in [4.78, 5) is 12.1. The number of hydrogen-bond acceptors (Lipinski definition) is 3. The summed E-state index contributed by atoms with van der Waals surface area (Å²) in [5.74, 6) is 0.165. The van der Waals surface area contributed by atoms with E-state index < -0.39 is 0 Å².